The molecule has 0 aliphatic rings. The molecule has 0 radical (unpaired) electrons. The van der Waals surface area contributed by atoms with Crippen molar-refractivity contribution in [3.63, 3.8) is 0 Å². The van der Waals surface area contributed by atoms with E-state index in [0.717, 1.165) is 0 Å². The Morgan fingerprint density at radius 1 is 0.296 bits per heavy atom. The molecule has 0 saturated carbocycles. The second-order valence-corrected chi connectivity index (χ2v) is 18.9. The van der Waals surface area contributed by atoms with E-state index in [4.69, 9.17) is 0 Å². The van der Waals surface area contributed by atoms with Crippen molar-refractivity contribution in [2.24, 2.45) is 0 Å². The lowest BCUT2D eigenvalue weighted by molar-refractivity contribution is 0.550. The monoisotopic (exact) mass is 754 g/mol. The molecule has 0 atom stereocenters. The zero-order valence-corrected chi connectivity index (χ0v) is 35.3. The van der Waals surface area contributed by atoms with Crippen molar-refractivity contribution in [1.82, 2.24) is 0 Å². The van der Waals surface area contributed by atoms with Gasteiger partial charge in [0.05, 0.1) is 0 Å². The Morgan fingerprint density at radius 3 is 0.981 bits per heavy atom. The minimum Gasteiger partial charge on any atom is -0.140 e. The van der Waals surface area contributed by atoms with Gasteiger partial charge in [0.2, 0.25) is 0 Å². The summed E-state index contributed by atoms with van der Waals surface area (Å²) in [5, 5.41) is 13.9. The van der Waals surface area contributed by atoms with E-state index in [1.807, 2.05) is 22.7 Å². The van der Waals surface area contributed by atoms with Gasteiger partial charge in [-0.05, 0) is 116 Å². The van der Waals surface area contributed by atoms with Crippen molar-refractivity contribution in [3.8, 4) is 0 Å². The molecule has 0 amide bonds. The molecule has 286 valence electrons. The normalized spacial score (nSPS) is 12.2. The first-order valence-electron chi connectivity index (χ1n) is 22.4. The van der Waals surface area contributed by atoms with Gasteiger partial charge in [0.15, 0.2) is 0 Å². The largest absolute Gasteiger partial charge is 0.140 e. The van der Waals surface area contributed by atoms with Crippen LogP contribution < -0.4 is 0 Å². The zero-order valence-electron chi connectivity index (χ0n) is 33.7. The maximum Gasteiger partial charge on any atom is 0.0352 e. The molecule has 7 aromatic rings. The Morgan fingerprint density at radius 2 is 0.611 bits per heavy atom. The van der Waals surface area contributed by atoms with Crippen molar-refractivity contribution in [2.75, 3.05) is 0 Å². The summed E-state index contributed by atoms with van der Waals surface area (Å²) in [6.45, 7) is 4.61. The third-order valence-electron chi connectivity index (χ3n) is 12.3. The molecule has 2 heterocycles. The van der Waals surface area contributed by atoms with Gasteiger partial charge in [0, 0.05) is 19.2 Å². The minimum atomic E-state index is 1.23. The van der Waals surface area contributed by atoms with Gasteiger partial charge in [-0.1, -0.05) is 179 Å². The van der Waals surface area contributed by atoms with Gasteiger partial charge >= 0.3 is 0 Å². The molecule has 54 heavy (non-hydrogen) atoms. The van der Waals surface area contributed by atoms with Gasteiger partial charge in [-0.3, -0.25) is 0 Å². The predicted octanol–water partition coefficient (Wildman–Crippen LogP) is 18.4. The molecule has 2 aromatic heterocycles. The summed E-state index contributed by atoms with van der Waals surface area (Å²) >= 11 is 4.03. The number of unbranched alkanes of at least 4 members (excludes halogenated alkanes) is 20. The van der Waals surface area contributed by atoms with Gasteiger partial charge < -0.3 is 0 Å². The lowest BCUT2D eigenvalue weighted by Crippen LogP contribution is -1.84. The Labute approximate surface area is 334 Å². The van der Waals surface area contributed by atoms with E-state index >= 15 is 0 Å². The summed E-state index contributed by atoms with van der Waals surface area (Å²) in [6.07, 6.45) is 33.4. The molecule has 2 heteroatoms. The average molecular weight is 755 g/mol. The highest BCUT2D eigenvalue weighted by Crippen LogP contribution is 2.40. The highest BCUT2D eigenvalue weighted by atomic mass is 32.1. The third-order valence-corrected chi connectivity index (χ3v) is 14.6. The van der Waals surface area contributed by atoms with Crippen LogP contribution in [0.25, 0.3) is 63.3 Å². The van der Waals surface area contributed by atoms with Crippen molar-refractivity contribution in [3.05, 3.63) is 82.6 Å². The number of aryl methyl sites for hydroxylation is 2. The molecule has 0 fully saturated rings. The molecule has 0 unspecified atom stereocenters. The second kappa shape index (κ2) is 20.3. The van der Waals surface area contributed by atoms with E-state index in [1.54, 1.807) is 9.75 Å². The van der Waals surface area contributed by atoms with E-state index in [-0.39, 0.29) is 0 Å². The number of rotatable bonds is 24. The fourth-order valence-corrected chi connectivity index (χ4v) is 11.3. The molecular weight excluding hydrogens is 689 g/mol. The molecule has 0 nitrogen and oxygen atoms in total. The van der Waals surface area contributed by atoms with Crippen LogP contribution in [0.3, 0.4) is 0 Å². The van der Waals surface area contributed by atoms with E-state index in [2.05, 4.69) is 86.6 Å². The SMILES string of the molecule is CCCCCCCCCCCCCc1cc2cc3c(ccc4c3ccc3c5cc6cc(CCCCCCCCCCCCC)sc6cc5ccc34)cc2s1. The van der Waals surface area contributed by atoms with Crippen LogP contribution in [0.5, 0.6) is 0 Å². The Kier molecular flexibility index (Phi) is 14.8. The van der Waals surface area contributed by atoms with Gasteiger partial charge in [0.1, 0.15) is 0 Å². The Hall–Kier alpha value is -2.94. The first-order chi connectivity index (χ1) is 26.7. The fraction of sp³-hybridized carbons (Fsp3) is 0.500. The average Bonchev–Trinajstić information content (AvgIpc) is 3.79. The fourth-order valence-electron chi connectivity index (χ4n) is 9.04. The number of benzene rings is 5. The molecule has 0 saturated heterocycles. The van der Waals surface area contributed by atoms with E-state index < -0.39 is 0 Å². The van der Waals surface area contributed by atoms with Crippen LogP contribution in [0.15, 0.2) is 72.8 Å². The molecule has 0 N–H and O–H groups in total. The molecular formula is C52H66S2. The second-order valence-electron chi connectivity index (χ2n) is 16.6. The first kappa shape index (κ1) is 39.3. The van der Waals surface area contributed by atoms with Crippen molar-refractivity contribution < 1.29 is 0 Å². The van der Waals surface area contributed by atoms with Crippen LogP contribution in [0.2, 0.25) is 0 Å². The predicted molar refractivity (Wildman–Crippen MR) is 248 cm³/mol. The summed E-state index contributed by atoms with van der Waals surface area (Å²) in [7, 11) is 0. The lowest BCUT2D eigenvalue weighted by Gasteiger charge is -2.10. The standard InChI is InChI=1S/C52H66S2/c1-3-5-7-9-11-13-15-17-19-21-23-25-43-33-41-35-49-39(37-51(41)53-43)27-29-45-46-30-28-40-38-52-42(36-50(40)48(46)32-31-47(45)49)34-44(54-52)26-24-22-20-18-16-14-12-10-8-6-4-2/h27-38H,3-26H2,1-2H3. The number of hydrogen-bond acceptors (Lipinski definition) is 2. The topological polar surface area (TPSA) is 0 Å². The van der Waals surface area contributed by atoms with Crippen LogP contribution in [0.1, 0.15) is 165 Å². The van der Waals surface area contributed by atoms with Crippen LogP contribution >= 0.6 is 22.7 Å². The molecule has 5 aromatic carbocycles. The highest BCUT2D eigenvalue weighted by Gasteiger charge is 2.12. The number of hydrogen-bond donors (Lipinski definition) is 0. The van der Waals surface area contributed by atoms with Crippen molar-refractivity contribution >= 4 is 85.9 Å². The third kappa shape index (κ3) is 10.1. The maximum absolute atomic E-state index is 2.49. The van der Waals surface area contributed by atoms with Crippen molar-refractivity contribution in [2.45, 2.75) is 168 Å². The minimum absolute atomic E-state index is 1.23. The molecule has 7 rings (SSSR count). The number of thiophene rings is 2. The Balaban J connectivity index is 0.974. The summed E-state index contributed by atoms with van der Waals surface area (Å²) in [6, 6.07) is 29.1. The van der Waals surface area contributed by atoms with Crippen LogP contribution in [-0.2, 0) is 12.8 Å². The molecule has 0 aliphatic carbocycles. The Bertz CT molecular complexity index is 2070. The highest BCUT2D eigenvalue weighted by molar-refractivity contribution is 7.19. The molecule has 0 aliphatic heterocycles. The maximum atomic E-state index is 2.49. The van der Waals surface area contributed by atoms with Crippen LogP contribution in [0, 0.1) is 0 Å². The van der Waals surface area contributed by atoms with Crippen LogP contribution in [-0.4, -0.2) is 0 Å². The summed E-state index contributed by atoms with van der Waals surface area (Å²) in [5.41, 5.74) is 0. The van der Waals surface area contributed by atoms with E-state index in [9.17, 15) is 0 Å². The molecule has 0 bridgehead atoms. The van der Waals surface area contributed by atoms with Gasteiger partial charge in [0.25, 0.3) is 0 Å². The number of fused-ring (bicyclic) bond motifs is 9. The zero-order chi connectivity index (χ0) is 37.0. The van der Waals surface area contributed by atoms with Gasteiger partial charge in [-0.2, -0.15) is 0 Å². The summed E-state index contributed by atoms with van der Waals surface area (Å²) < 4.78 is 2.88. The van der Waals surface area contributed by atoms with Gasteiger partial charge in [-0.25, -0.2) is 0 Å². The smallest absolute Gasteiger partial charge is 0.0352 e. The quantitative estimate of drug-likeness (QED) is 0.0426. The summed E-state index contributed by atoms with van der Waals surface area (Å²) in [4.78, 5) is 3.11. The van der Waals surface area contributed by atoms with Gasteiger partial charge in [-0.15, -0.1) is 22.7 Å². The van der Waals surface area contributed by atoms with E-state index in [1.165, 1.54) is 217 Å². The van der Waals surface area contributed by atoms with E-state index in [0.29, 0.717) is 0 Å². The van der Waals surface area contributed by atoms with Crippen molar-refractivity contribution in [1.29, 1.82) is 0 Å². The first-order valence-corrected chi connectivity index (χ1v) is 24.0. The van der Waals surface area contributed by atoms with Crippen LogP contribution in [0.4, 0.5) is 0 Å². The lowest BCUT2D eigenvalue weighted by atomic mass is 9.93. The molecule has 0 spiro atoms. The summed E-state index contributed by atoms with van der Waals surface area (Å²) in [5.74, 6) is 0.